The van der Waals surface area contributed by atoms with Gasteiger partial charge < -0.3 is 15.2 Å². The Morgan fingerprint density at radius 1 is 1.17 bits per heavy atom. The fraction of sp³-hybridized carbons (Fsp3) is 0.591. The van der Waals surface area contributed by atoms with Crippen molar-refractivity contribution in [2.75, 3.05) is 32.7 Å². The van der Waals surface area contributed by atoms with Crippen molar-refractivity contribution >= 4 is 22.8 Å². The number of H-pyrrole nitrogens is 1. The van der Waals surface area contributed by atoms with Crippen LogP contribution in [0.1, 0.15) is 49.4 Å². The number of likely N-dealkylation sites (tertiary alicyclic amines) is 2. The van der Waals surface area contributed by atoms with Crippen LogP contribution in [0.15, 0.2) is 24.5 Å². The number of hydrogen-bond acceptors (Lipinski definition) is 4. The highest BCUT2D eigenvalue weighted by Crippen LogP contribution is 2.18. The molecule has 0 spiro atoms. The summed E-state index contributed by atoms with van der Waals surface area (Å²) < 4.78 is 0. The first kappa shape index (κ1) is 19.9. The van der Waals surface area contributed by atoms with Crippen LogP contribution in [0.3, 0.4) is 0 Å². The minimum Gasteiger partial charge on any atom is -0.360 e. The SMILES string of the molecule is CC1CCN(CC(=O)NC2CCCN(C(=O)c3cnc4cc[nH]c4c3)CC2)CC1. The van der Waals surface area contributed by atoms with Crippen LogP contribution in [0.4, 0.5) is 0 Å². The van der Waals surface area contributed by atoms with Gasteiger partial charge in [0.05, 0.1) is 23.1 Å². The highest BCUT2D eigenvalue weighted by Gasteiger charge is 2.24. The van der Waals surface area contributed by atoms with E-state index >= 15 is 0 Å². The van der Waals surface area contributed by atoms with Crippen molar-refractivity contribution in [2.45, 2.75) is 45.1 Å². The van der Waals surface area contributed by atoms with E-state index < -0.39 is 0 Å². The summed E-state index contributed by atoms with van der Waals surface area (Å²) in [6.45, 7) is 6.18. The molecule has 0 bridgehead atoms. The molecule has 0 aromatic carbocycles. The molecular weight excluding hydrogens is 366 g/mol. The summed E-state index contributed by atoms with van der Waals surface area (Å²) in [5.41, 5.74) is 2.35. The predicted octanol–water partition coefficient (Wildman–Crippen LogP) is 2.41. The number of amides is 2. The largest absolute Gasteiger partial charge is 0.360 e. The van der Waals surface area contributed by atoms with E-state index in [-0.39, 0.29) is 17.9 Å². The van der Waals surface area contributed by atoms with Crippen molar-refractivity contribution in [3.63, 3.8) is 0 Å². The number of nitrogens with one attached hydrogen (secondary N) is 2. The quantitative estimate of drug-likeness (QED) is 0.830. The number of nitrogens with zero attached hydrogens (tertiary/aromatic N) is 3. The Balaban J connectivity index is 1.28. The second-order valence-electron chi connectivity index (χ2n) is 8.58. The van der Waals surface area contributed by atoms with Crippen molar-refractivity contribution in [3.8, 4) is 0 Å². The minimum absolute atomic E-state index is 0.0170. The van der Waals surface area contributed by atoms with Gasteiger partial charge >= 0.3 is 0 Å². The van der Waals surface area contributed by atoms with Crippen LogP contribution in [0.2, 0.25) is 0 Å². The summed E-state index contributed by atoms with van der Waals surface area (Å²) in [7, 11) is 0. The van der Waals surface area contributed by atoms with Gasteiger partial charge in [-0.2, -0.15) is 0 Å². The molecule has 2 aliphatic heterocycles. The van der Waals surface area contributed by atoms with E-state index in [9.17, 15) is 9.59 Å². The van der Waals surface area contributed by atoms with Crippen molar-refractivity contribution in [1.29, 1.82) is 0 Å². The molecular formula is C22H31N5O2. The topological polar surface area (TPSA) is 81.3 Å². The Hall–Kier alpha value is -2.41. The zero-order valence-electron chi connectivity index (χ0n) is 17.2. The molecule has 2 N–H and O–H groups in total. The highest BCUT2D eigenvalue weighted by atomic mass is 16.2. The minimum atomic E-state index is 0.0170. The Bertz CT molecular complexity index is 856. The maximum absolute atomic E-state index is 12.9. The number of pyridine rings is 1. The van der Waals surface area contributed by atoms with Gasteiger partial charge in [-0.3, -0.25) is 19.5 Å². The monoisotopic (exact) mass is 397 g/mol. The second-order valence-corrected chi connectivity index (χ2v) is 8.58. The lowest BCUT2D eigenvalue weighted by molar-refractivity contribution is -0.123. The third kappa shape index (κ3) is 4.96. The van der Waals surface area contributed by atoms with E-state index in [0.29, 0.717) is 18.7 Å². The van der Waals surface area contributed by atoms with Gasteiger partial charge in [0.2, 0.25) is 5.91 Å². The van der Waals surface area contributed by atoms with E-state index in [1.54, 1.807) is 6.20 Å². The Labute approximate surface area is 171 Å². The van der Waals surface area contributed by atoms with Gasteiger partial charge in [-0.15, -0.1) is 0 Å². The molecule has 0 aliphatic carbocycles. The smallest absolute Gasteiger partial charge is 0.255 e. The zero-order chi connectivity index (χ0) is 20.2. The number of carbonyl (C=O) groups is 2. The molecule has 2 amide bonds. The molecule has 1 unspecified atom stereocenters. The lowest BCUT2D eigenvalue weighted by Crippen LogP contribution is -2.44. The fourth-order valence-electron chi connectivity index (χ4n) is 4.37. The van der Waals surface area contributed by atoms with Crippen molar-refractivity contribution in [3.05, 3.63) is 30.1 Å². The van der Waals surface area contributed by atoms with Crippen LogP contribution >= 0.6 is 0 Å². The Morgan fingerprint density at radius 3 is 2.83 bits per heavy atom. The van der Waals surface area contributed by atoms with Gasteiger partial charge in [0.1, 0.15) is 0 Å². The molecule has 29 heavy (non-hydrogen) atoms. The highest BCUT2D eigenvalue weighted by molar-refractivity contribution is 5.96. The van der Waals surface area contributed by atoms with Crippen LogP contribution in [0, 0.1) is 5.92 Å². The van der Waals surface area contributed by atoms with Gasteiger partial charge in [0.25, 0.3) is 5.91 Å². The molecule has 1 atom stereocenters. The molecule has 7 nitrogen and oxygen atoms in total. The fourth-order valence-corrected chi connectivity index (χ4v) is 4.37. The first-order chi connectivity index (χ1) is 14.1. The van der Waals surface area contributed by atoms with E-state index in [1.807, 2.05) is 23.2 Å². The van der Waals surface area contributed by atoms with Gasteiger partial charge in [-0.1, -0.05) is 6.92 Å². The standard InChI is InChI=1S/C22H31N5O2/c1-16-5-10-26(11-6-16)15-21(28)25-18-3-2-9-27(12-7-18)22(29)17-13-20-19(24-14-17)4-8-23-20/h4,8,13-14,16,18,23H,2-3,5-7,9-12,15H2,1H3,(H,25,28). The van der Waals surface area contributed by atoms with Gasteiger partial charge in [0, 0.05) is 31.5 Å². The molecule has 2 aliphatic rings. The van der Waals surface area contributed by atoms with Crippen LogP contribution < -0.4 is 5.32 Å². The number of hydrogen-bond donors (Lipinski definition) is 2. The number of fused-ring (bicyclic) bond motifs is 1. The maximum atomic E-state index is 12.9. The number of rotatable bonds is 4. The third-order valence-corrected chi connectivity index (χ3v) is 6.27. The van der Waals surface area contributed by atoms with E-state index in [1.165, 1.54) is 12.8 Å². The number of carbonyl (C=O) groups excluding carboxylic acids is 2. The molecule has 4 heterocycles. The average molecular weight is 398 g/mol. The molecule has 156 valence electrons. The molecule has 4 rings (SSSR count). The zero-order valence-corrected chi connectivity index (χ0v) is 17.2. The third-order valence-electron chi connectivity index (χ3n) is 6.27. The number of aromatic amines is 1. The molecule has 2 saturated heterocycles. The van der Waals surface area contributed by atoms with Gasteiger partial charge in [-0.05, 0) is 63.2 Å². The van der Waals surface area contributed by atoms with Crippen molar-refractivity contribution < 1.29 is 9.59 Å². The van der Waals surface area contributed by atoms with Crippen molar-refractivity contribution in [1.82, 2.24) is 25.1 Å². The summed E-state index contributed by atoms with van der Waals surface area (Å²) in [6, 6.07) is 3.91. The van der Waals surface area contributed by atoms with Gasteiger partial charge in [-0.25, -0.2) is 0 Å². The van der Waals surface area contributed by atoms with E-state index in [0.717, 1.165) is 55.8 Å². The van der Waals surface area contributed by atoms with Crippen LogP contribution in [0.25, 0.3) is 11.0 Å². The molecule has 2 aromatic rings. The maximum Gasteiger partial charge on any atom is 0.255 e. The lowest BCUT2D eigenvalue weighted by Gasteiger charge is -2.30. The molecule has 2 fully saturated rings. The van der Waals surface area contributed by atoms with Gasteiger partial charge in [0.15, 0.2) is 0 Å². The average Bonchev–Trinajstić information content (AvgIpc) is 3.07. The molecule has 0 radical (unpaired) electrons. The van der Waals surface area contributed by atoms with E-state index in [2.05, 4.69) is 27.1 Å². The predicted molar refractivity (Wildman–Crippen MR) is 113 cm³/mol. The molecule has 7 heteroatoms. The number of aromatic nitrogens is 2. The van der Waals surface area contributed by atoms with E-state index in [4.69, 9.17) is 0 Å². The summed E-state index contributed by atoms with van der Waals surface area (Å²) in [6.07, 6.45) is 8.45. The molecule has 2 aromatic heterocycles. The normalized spacial score (nSPS) is 21.8. The summed E-state index contributed by atoms with van der Waals surface area (Å²) >= 11 is 0. The Kier molecular flexibility index (Phi) is 6.13. The second kappa shape index (κ2) is 8.95. The van der Waals surface area contributed by atoms with Crippen LogP contribution in [-0.2, 0) is 4.79 Å². The first-order valence-corrected chi connectivity index (χ1v) is 10.8. The van der Waals surface area contributed by atoms with Crippen LogP contribution in [-0.4, -0.2) is 70.3 Å². The molecule has 0 saturated carbocycles. The Morgan fingerprint density at radius 2 is 2.00 bits per heavy atom. The number of piperidine rings is 1. The lowest BCUT2D eigenvalue weighted by atomic mass is 9.99. The summed E-state index contributed by atoms with van der Waals surface area (Å²) in [5, 5.41) is 3.20. The van der Waals surface area contributed by atoms with Crippen LogP contribution in [0.5, 0.6) is 0 Å². The first-order valence-electron chi connectivity index (χ1n) is 10.8. The van der Waals surface area contributed by atoms with Crippen molar-refractivity contribution in [2.24, 2.45) is 5.92 Å². The summed E-state index contributed by atoms with van der Waals surface area (Å²) in [4.78, 5) is 37.0. The summed E-state index contributed by atoms with van der Waals surface area (Å²) in [5.74, 6) is 0.904.